The summed E-state index contributed by atoms with van der Waals surface area (Å²) in [5.41, 5.74) is 0.299. The molecule has 2 saturated carbocycles. The predicted octanol–water partition coefficient (Wildman–Crippen LogP) is 2.18. The molecule has 1 aliphatic heterocycles. The average Bonchev–Trinajstić information content (AvgIpc) is 3.09. The summed E-state index contributed by atoms with van der Waals surface area (Å²) in [5, 5.41) is 10.1. The van der Waals surface area contributed by atoms with E-state index in [2.05, 4.69) is 34.8 Å². The molecule has 7 heteroatoms. The summed E-state index contributed by atoms with van der Waals surface area (Å²) < 4.78 is 6.00. The molecule has 144 valence electrons. The Morgan fingerprint density at radius 1 is 1.32 bits per heavy atom. The smallest absolute Gasteiger partial charge is 0.220 e. The van der Waals surface area contributed by atoms with E-state index in [1.165, 1.54) is 25.7 Å². The molecule has 25 heavy (non-hydrogen) atoms. The third-order valence-electron chi connectivity index (χ3n) is 5.92. The van der Waals surface area contributed by atoms with Gasteiger partial charge in [0.1, 0.15) is 0 Å². The monoisotopic (exact) mass is 464 g/mol. The van der Waals surface area contributed by atoms with Gasteiger partial charge in [-0.25, -0.2) is 0 Å². The lowest BCUT2D eigenvalue weighted by Gasteiger charge is -2.54. The molecule has 1 saturated heterocycles. The van der Waals surface area contributed by atoms with E-state index in [0.717, 1.165) is 32.0 Å². The first-order chi connectivity index (χ1) is 11.7. The maximum atomic E-state index is 11.3. The molecule has 3 fully saturated rings. The topological polar surface area (TPSA) is 74.8 Å². The Hall–Kier alpha value is -0.570. The van der Waals surface area contributed by atoms with Crippen LogP contribution in [-0.2, 0) is 9.53 Å². The summed E-state index contributed by atoms with van der Waals surface area (Å²) >= 11 is 0. The molecule has 1 spiro atoms. The fraction of sp³-hybridized carbons (Fsp3) is 0.889. The average molecular weight is 464 g/mol. The third kappa shape index (κ3) is 4.59. The van der Waals surface area contributed by atoms with Crippen molar-refractivity contribution in [3.05, 3.63) is 0 Å². The largest absolute Gasteiger partial charge is 0.378 e. The van der Waals surface area contributed by atoms with Crippen molar-refractivity contribution in [3.8, 4) is 0 Å². The predicted molar refractivity (Wildman–Crippen MR) is 110 cm³/mol. The van der Waals surface area contributed by atoms with Gasteiger partial charge in [-0.05, 0) is 39.5 Å². The Morgan fingerprint density at radius 3 is 2.68 bits per heavy atom. The van der Waals surface area contributed by atoms with E-state index in [0.29, 0.717) is 30.5 Å². The molecule has 1 amide bonds. The van der Waals surface area contributed by atoms with Crippen LogP contribution in [0, 0.1) is 5.41 Å². The summed E-state index contributed by atoms with van der Waals surface area (Å²) in [7, 11) is 0. The lowest BCUT2D eigenvalue weighted by atomic mass is 9.60. The minimum atomic E-state index is 0. The van der Waals surface area contributed by atoms with Crippen molar-refractivity contribution in [2.75, 3.05) is 19.7 Å². The molecule has 0 aromatic carbocycles. The van der Waals surface area contributed by atoms with Crippen LogP contribution in [0.4, 0.5) is 0 Å². The molecule has 1 heterocycles. The molecule has 6 nitrogen and oxygen atoms in total. The van der Waals surface area contributed by atoms with Crippen LogP contribution in [0.5, 0.6) is 0 Å². The van der Waals surface area contributed by atoms with Crippen LogP contribution in [0.3, 0.4) is 0 Å². The lowest BCUT2D eigenvalue weighted by Crippen LogP contribution is -2.66. The molecule has 2 aliphatic carbocycles. The Morgan fingerprint density at radius 2 is 2.08 bits per heavy atom. The number of ether oxygens (including phenoxy) is 1. The summed E-state index contributed by atoms with van der Waals surface area (Å²) in [5.74, 6) is 1.04. The second-order valence-electron chi connectivity index (χ2n) is 7.32. The van der Waals surface area contributed by atoms with Gasteiger partial charge in [0.25, 0.3) is 0 Å². The Kier molecular flexibility index (Phi) is 7.79. The normalized spacial score (nSPS) is 31.0. The number of amides is 1. The summed E-state index contributed by atoms with van der Waals surface area (Å²) in [6.07, 6.45) is 8.07. The van der Waals surface area contributed by atoms with Crippen LogP contribution >= 0.6 is 24.0 Å². The van der Waals surface area contributed by atoms with E-state index in [-0.39, 0.29) is 35.9 Å². The first-order valence-corrected chi connectivity index (χ1v) is 9.63. The number of hydrogen-bond donors (Lipinski definition) is 3. The minimum Gasteiger partial charge on any atom is -0.378 e. The molecule has 3 rings (SSSR count). The van der Waals surface area contributed by atoms with Crippen LogP contribution in [-0.4, -0.2) is 49.8 Å². The van der Waals surface area contributed by atoms with Gasteiger partial charge in [-0.1, -0.05) is 12.8 Å². The van der Waals surface area contributed by atoms with Crippen molar-refractivity contribution < 1.29 is 9.53 Å². The molecule has 0 radical (unpaired) electrons. The second-order valence-corrected chi connectivity index (χ2v) is 7.32. The van der Waals surface area contributed by atoms with E-state index in [4.69, 9.17) is 4.74 Å². The zero-order valence-corrected chi connectivity index (χ0v) is 17.8. The van der Waals surface area contributed by atoms with Crippen LogP contribution in [0.15, 0.2) is 4.99 Å². The number of nitrogens with zero attached hydrogens (tertiary/aromatic N) is 1. The zero-order chi connectivity index (χ0) is 17.0. The third-order valence-corrected chi connectivity index (χ3v) is 5.92. The van der Waals surface area contributed by atoms with Crippen LogP contribution in [0.1, 0.15) is 58.8 Å². The molecular weight excluding hydrogens is 431 g/mol. The quantitative estimate of drug-likeness (QED) is 0.331. The van der Waals surface area contributed by atoms with E-state index in [9.17, 15) is 4.79 Å². The summed E-state index contributed by atoms with van der Waals surface area (Å²) in [4.78, 5) is 15.9. The number of carbonyl (C=O) groups excluding carboxylic acids is 1. The van der Waals surface area contributed by atoms with Gasteiger partial charge in [-0.2, -0.15) is 0 Å². The second kappa shape index (κ2) is 9.39. The number of halogens is 1. The van der Waals surface area contributed by atoms with E-state index < -0.39 is 0 Å². The highest BCUT2D eigenvalue weighted by atomic mass is 127. The van der Waals surface area contributed by atoms with Gasteiger partial charge in [-0.15, -0.1) is 24.0 Å². The van der Waals surface area contributed by atoms with Crippen molar-refractivity contribution in [3.63, 3.8) is 0 Å². The molecular formula is C18H33IN4O2. The molecule has 0 aromatic heterocycles. The number of guanidine groups is 1. The molecule has 3 atom stereocenters. The Labute approximate surface area is 168 Å². The van der Waals surface area contributed by atoms with Crippen molar-refractivity contribution >= 4 is 35.8 Å². The summed E-state index contributed by atoms with van der Waals surface area (Å²) in [6.45, 7) is 6.38. The van der Waals surface area contributed by atoms with Gasteiger partial charge >= 0.3 is 0 Å². The summed E-state index contributed by atoms with van der Waals surface area (Å²) in [6, 6.07) is 0.718. The maximum Gasteiger partial charge on any atom is 0.220 e. The van der Waals surface area contributed by atoms with Crippen molar-refractivity contribution in [2.45, 2.75) is 77.0 Å². The number of rotatable bonds is 5. The number of nitrogens with one attached hydrogen (secondary N) is 3. The number of piperidine rings is 1. The number of aliphatic imine (C=N–C) groups is 1. The number of hydrogen-bond acceptors (Lipinski definition) is 3. The highest BCUT2D eigenvalue weighted by Gasteiger charge is 2.57. The van der Waals surface area contributed by atoms with Gasteiger partial charge in [0.15, 0.2) is 5.96 Å². The highest BCUT2D eigenvalue weighted by Crippen LogP contribution is 2.54. The Balaban J connectivity index is 0.00000225. The van der Waals surface area contributed by atoms with E-state index in [1.807, 2.05) is 0 Å². The van der Waals surface area contributed by atoms with Crippen LogP contribution < -0.4 is 16.0 Å². The van der Waals surface area contributed by atoms with Crippen molar-refractivity contribution in [1.29, 1.82) is 0 Å². The van der Waals surface area contributed by atoms with Gasteiger partial charge < -0.3 is 20.7 Å². The highest BCUT2D eigenvalue weighted by molar-refractivity contribution is 14.0. The SMILES string of the molecule is CCN=C(NC1CCC(=O)NC1)NC1CC(OCC)C12CCCC2.I. The maximum absolute atomic E-state index is 11.3. The van der Waals surface area contributed by atoms with Crippen LogP contribution in [0.2, 0.25) is 0 Å². The molecule has 3 N–H and O–H groups in total. The fourth-order valence-corrected chi connectivity index (χ4v) is 4.59. The molecule has 0 bridgehead atoms. The Bertz CT molecular complexity index is 470. The first kappa shape index (κ1) is 20.7. The van der Waals surface area contributed by atoms with Gasteiger partial charge in [0, 0.05) is 43.6 Å². The molecule has 0 aromatic rings. The van der Waals surface area contributed by atoms with E-state index in [1.54, 1.807) is 0 Å². The standard InChI is InChI=1S/C18H32N4O2.HI/c1-3-19-17(21-13-7-8-16(23)20-12-13)22-14-11-15(24-4-2)18(14)9-5-6-10-18;/h13-15H,3-12H2,1-2H3,(H,20,23)(H2,19,21,22);1H. The lowest BCUT2D eigenvalue weighted by molar-refractivity contribution is -0.126. The van der Waals surface area contributed by atoms with Crippen molar-refractivity contribution in [2.24, 2.45) is 10.4 Å². The van der Waals surface area contributed by atoms with Gasteiger partial charge in [0.2, 0.25) is 5.91 Å². The minimum absolute atomic E-state index is 0. The number of carbonyl (C=O) groups is 1. The molecule has 3 aliphatic rings. The molecule has 3 unspecified atom stereocenters. The van der Waals surface area contributed by atoms with Gasteiger partial charge in [0.05, 0.1) is 6.10 Å². The fourth-order valence-electron chi connectivity index (χ4n) is 4.59. The zero-order valence-electron chi connectivity index (χ0n) is 15.5. The van der Waals surface area contributed by atoms with E-state index >= 15 is 0 Å². The van der Waals surface area contributed by atoms with Crippen molar-refractivity contribution in [1.82, 2.24) is 16.0 Å². The van der Waals surface area contributed by atoms with Crippen LogP contribution in [0.25, 0.3) is 0 Å². The van der Waals surface area contributed by atoms with Gasteiger partial charge in [-0.3, -0.25) is 9.79 Å². The first-order valence-electron chi connectivity index (χ1n) is 9.63.